The molecule has 0 bridgehead atoms. The van der Waals surface area contributed by atoms with Gasteiger partial charge < -0.3 is 20.9 Å². The normalized spacial score (nSPS) is 15.4. The Morgan fingerprint density at radius 3 is 2.39 bits per heavy atom. The number of sulfonamides is 1. The summed E-state index contributed by atoms with van der Waals surface area (Å²) in [6.07, 6.45) is 0.383. The predicted molar refractivity (Wildman–Crippen MR) is 117 cm³/mol. The highest BCUT2D eigenvalue weighted by Gasteiger charge is 2.17. The molecule has 0 unspecified atom stereocenters. The van der Waals surface area contributed by atoms with Crippen LogP contribution in [0.3, 0.4) is 0 Å². The molecular weight excluding hydrogens is 425 g/mol. The van der Waals surface area contributed by atoms with E-state index >= 15 is 0 Å². The Bertz CT molecular complexity index is 698. The summed E-state index contributed by atoms with van der Waals surface area (Å²) in [7, 11) is -3.61. The van der Waals surface area contributed by atoms with Crippen LogP contribution in [0.25, 0.3) is 0 Å². The Labute approximate surface area is 180 Å². The third-order valence-electron chi connectivity index (χ3n) is 4.43. The summed E-state index contributed by atoms with van der Waals surface area (Å²) < 4.78 is 26.7. The first-order valence-corrected chi connectivity index (χ1v) is 10.5. The minimum atomic E-state index is -3.61. The van der Waals surface area contributed by atoms with Crippen LogP contribution < -0.4 is 15.8 Å². The number of nitrogens with one attached hydrogen (secondary N) is 2. The molecule has 11 heteroatoms. The van der Waals surface area contributed by atoms with Crippen LogP contribution in [0.2, 0.25) is 0 Å². The maximum Gasteiger partial charge on any atom is 0.240 e. The summed E-state index contributed by atoms with van der Waals surface area (Å²) in [6.45, 7) is 8.34. The first kappa shape index (κ1) is 27.1. The number of halogens is 2. The number of carbonyl (C=O) groups is 1. The molecule has 1 amide bonds. The molecule has 1 aliphatic heterocycles. The molecule has 1 saturated heterocycles. The Morgan fingerprint density at radius 2 is 1.79 bits per heavy atom. The molecule has 28 heavy (non-hydrogen) atoms. The van der Waals surface area contributed by atoms with Gasteiger partial charge in [-0.2, -0.15) is 0 Å². The Kier molecular flexibility index (Phi) is 12.9. The molecule has 2 rings (SSSR count). The van der Waals surface area contributed by atoms with E-state index < -0.39 is 10.0 Å². The molecule has 8 nitrogen and oxygen atoms in total. The Balaban J connectivity index is 0.00000364. The predicted octanol–water partition coefficient (Wildman–Crippen LogP) is 0.733. The molecular formula is C17H31Cl2N5O3S. The summed E-state index contributed by atoms with van der Waals surface area (Å²) in [5.41, 5.74) is 5.80. The number of rotatable bonds is 9. The fourth-order valence-electron chi connectivity index (χ4n) is 2.83. The van der Waals surface area contributed by atoms with E-state index in [4.69, 9.17) is 5.73 Å². The zero-order valence-corrected chi connectivity index (χ0v) is 18.5. The van der Waals surface area contributed by atoms with Gasteiger partial charge >= 0.3 is 0 Å². The lowest BCUT2D eigenvalue weighted by atomic mass is 10.2. The van der Waals surface area contributed by atoms with Crippen molar-refractivity contribution in [2.75, 3.05) is 57.7 Å². The quantitative estimate of drug-likeness (QED) is 0.506. The maximum absolute atomic E-state index is 12.2. The van der Waals surface area contributed by atoms with Gasteiger partial charge in [-0.15, -0.1) is 24.8 Å². The van der Waals surface area contributed by atoms with E-state index in [1.165, 1.54) is 12.1 Å². The first-order valence-electron chi connectivity index (χ1n) is 8.99. The second-order valence-electron chi connectivity index (χ2n) is 6.29. The van der Waals surface area contributed by atoms with Crippen LogP contribution in [-0.2, 0) is 14.8 Å². The minimum Gasteiger partial charge on any atom is -0.329 e. The lowest BCUT2D eigenvalue weighted by Crippen LogP contribution is -2.46. The van der Waals surface area contributed by atoms with Gasteiger partial charge in [0.1, 0.15) is 0 Å². The van der Waals surface area contributed by atoms with Crippen molar-refractivity contribution < 1.29 is 13.2 Å². The molecule has 1 fully saturated rings. The van der Waals surface area contributed by atoms with Crippen LogP contribution in [0.4, 0.5) is 5.69 Å². The molecule has 0 saturated carbocycles. The highest BCUT2D eigenvalue weighted by molar-refractivity contribution is 7.89. The standard InChI is InChI=1S/C17H29N5O3S.2ClH/c1-2-21-10-12-22(13-11-21)9-6-17(23)20-15-4-3-5-16(14-15)26(24,25)19-8-7-18;;/h3-5,14,19H,2,6-13,18H2,1H3,(H,20,23);2*1H. The minimum absolute atomic E-state index is 0. The summed E-state index contributed by atoms with van der Waals surface area (Å²) in [6, 6.07) is 6.23. The molecule has 0 radical (unpaired) electrons. The van der Waals surface area contributed by atoms with Crippen molar-refractivity contribution in [2.24, 2.45) is 5.73 Å². The number of piperazine rings is 1. The van der Waals surface area contributed by atoms with Crippen LogP contribution in [0.5, 0.6) is 0 Å². The second-order valence-corrected chi connectivity index (χ2v) is 8.06. The second kappa shape index (κ2) is 13.3. The molecule has 1 heterocycles. The topological polar surface area (TPSA) is 108 Å². The number of carbonyl (C=O) groups excluding carboxylic acids is 1. The van der Waals surface area contributed by atoms with Crippen molar-refractivity contribution in [3.05, 3.63) is 24.3 Å². The third-order valence-corrected chi connectivity index (χ3v) is 5.89. The number of nitrogens with zero attached hydrogens (tertiary/aromatic N) is 2. The largest absolute Gasteiger partial charge is 0.329 e. The summed E-state index contributed by atoms with van der Waals surface area (Å²) in [5, 5.41) is 2.78. The maximum atomic E-state index is 12.2. The van der Waals surface area contributed by atoms with Crippen molar-refractivity contribution in [1.29, 1.82) is 0 Å². The molecule has 4 N–H and O–H groups in total. The van der Waals surface area contributed by atoms with Crippen molar-refractivity contribution in [2.45, 2.75) is 18.2 Å². The Morgan fingerprint density at radius 1 is 1.14 bits per heavy atom. The molecule has 1 aliphatic rings. The number of benzene rings is 1. The van der Waals surface area contributed by atoms with E-state index in [0.29, 0.717) is 18.7 Å². The van der Waals surface area contributed by atoms with Crippen molar-refractivity contribution in [3.63, 3.8) is 0 Å². The number of amides is 1. The van der Waals surface area contributed by atoms with Gasteiger partial charge in [-0.05, 0) is 24.7 Å². The average molecular weight is 456 g/mol. The Hall–Kier alpha value is -0.940. The van der Waals surface area contributed by atoms with E-state index in [0.717, 1.165) is 32.7 Å². The fraction of sp³-hybridized carbons (Fsp3) is 0.588. The number of hydrogen-bond acceptors (Lipinski definition) is 6. The smallest absolute Gasteiger partial charge is 0.240 e. The number of likely N-dealkylation sites (N-methyl/N-ethyl adjacent to an activating group) is 1. The SMILES string of the molecule is CCN1CCN(CCC(=O)Nc2cccc(S(=O)(=O)NCCN)c2)CC1.Cl.Cl. The van der Waals surface area contributed by atoms with E-state index in [1.54, 1.807) is 12.1 Å². The average Bonchev–Trinajstić information content (AvgIpc) is 2.65. The summed E-state index contributed by atoms with van der Waals surface area (Å²) in [4.78, 5) is 17.0. The van der Waals surface area contributed by atoms with Gasteiger partial charge in [0.25, 0.3) is 0 Å². The number of hydrogen-bond donors (Lipinski definition) is 3. The number of nitrogens with two attached hydrogens (primary N) is 1. The lowest BCUT2D eigenvalue weighted by Gasteiger charge is -2.33. The van der Waals surface area contributed by atoms with Crippen molar-refractivity contribution in [3.8, 4) is 0 Å². The van der Waals surface area contributed by atoms with Gasteiger partial charge in [0.2, 0.25) is 15.9 Å². The molecule has 0 aromatic heterocycles. The van der Waals surface area contributed by atoms with E-state index in [2.05, 4.69) is 26.8 Å². The van der Waals surface area contributed by atoms with Gasteiger partial charge in [0.05, 0.1) is 4.90 Å². The molecule has 0 aliphatic carbocycles. The highest BCUT2D eigenvalue weighted by Crippen LogP contribution is 2.15. The number of anilines is 1. The zero-order valence-electron chi connectivity index (χ0n) is 16.1. The third kappa shape index (κ3) is 8.60. The van der Waals surface area contributed by atoms with Gasteiger partial charge in [-0.25, -0.2) is 13.1 Å². The van der Waals surface area contributed by atoms with Crippen LogP contribution in [0.1, 0.15) is 13.3 Å². The van der Waals surface area contributed by atoms with E-state index in [-0.39, 0.29) is 48.7 Å². The molecule has 0 atom stereocenters. The molecule has 0 spiro atoms. The molecule has 1 aromatic rings. The summed E-state index contributed by atoms with van der Waals surface area (Å²) >= 11 is 0. The van der Waals surface area contributed by atoms with Crippen LogP contribution >= 0.6 is 24.8 Å². The van der Waals surface area contributed by atoms with Crippen LogP contribution in [-0.4, -0.2) is 76.5 Å². The van der Waals surface area contributed by atoms with E-state index in [1.807, 2.05) is 0 Å². The zero-order chi connectivity index (χ0) is 19.0. The van der Waals surface area contributed by atoms with Gasteiger partial charge in [-0.1, -0.05) is 13.0 Å². The van der Waals surface area contributed by atoms with Gasteiger partial charge in [0.15, 0.2) is 0 Å². The lowest BCUT2D eigenvalue weighted by molar-refractivity contribution is -0.116. The van der Waals surface area contributed by atoms with Gasteiger partial charge in [-0.3, -0.25) is 4.79 Å². The van der Waals surface area contributed by atoms with Crippen LogP contribution in [0.15, 0.2) is 29.2 Å². The van der Waals surface area contributed by atoms with Crippen LogP contribution in [0, 0.1) is 0 Å². The fourth-order valence-corrected chi connectivity index (χ4v) is 3.92. The summed E-state index contributed by atoms with van der Waals surface area (Å²) in [5.74, 6) is -0.118. The molecule has 162 valence electrons. The van der Waals surface area contributed by atoms with Gasteiger partial charge in [0, 0.05) is 57.9 Å². The van der Waals surface area contributed by atoms with E-state index in [9.17, 15) is 13.2 Å². The monoisotopic (exact) mass is 455 g/mol. The first-order chi connectivity index (χ1) is 12.4. The van der Waals surface area contributed by atoms with Crippen molar-refractivity contribution in [1.82, 2.24) is 14.5 Å². The van der Waals surface area contributed by atoms with Crippen molar-refractivity contribution >= 4 is 46.4 Å². The molecule has 1 aromatic carbocycles. The highest BCUT2D eigenvalue weighted by atomic mass is 35.5.